The van der Waals surface area contributed by atoms with Gasteiger partial charge in [-0.25, -0.2) is 4.39 Å². The number of carbonyl (C=O) groups is 1. The van der Waals surface area contributed by atoms with Gasteiger partial charge in [0.2, 0.25) is 5.91 Å². The molecule has 1 amide bonds. The van der Waals surface area contributed by atoms with Crippen LogP contribution in [0.3, 0.4) is 0 Å². The van der Waals surface area contributed by atoms with E-state index in [2.05, 4.69) is 10.4 Å². The van der Waals surface area contributed by atoms with Gasteiger partial charge in [-0.15, -0.1) is 0 Å². The lowest BCUT2D eigenvalue weighted by molar-refractivity contribution is -0.117. The molecule has 3 aromatic rings. The normalized spacial score (nSPS) is 18.5. The lowest BCUT2D eigenvalue weighted by atomic mass is 10.1. The zero-order valence-corrected chi connectivity index (χ0v) is 14.7. The highest BCUT2D eigenvalue weighted by Crippen LogP contribution is 2.48. The van der Waals surface area contributed by atoms with Crippen molar-refractivity contribution >= 4 is 23.3 Å². The van der Waals surface area contributed by atoms with E-state index in [-0.39, 0.29) is 23.6 Å². The summed E-state index contributed by atoms with van der Waals surface area (Å²) in [5.41, 5.74) is 1.68. The number of carbonyl (C=O) groups excluding carboxylic acids is 1. The minimum absolute atomic E-state index is 0.0407. The summed E-state index contributed by atoms with van der Waals surface area (Å²) in [7, 11) is 0. The van der Waals surface area contributed by atoms with Crippen LogP contribution in [0.1, 0.15) is 23.5 Å². The van der Waals surface area contributed by atoms with E-state index in [0.717, 1.165) is 12.0 Å². The molecule has 2 atom stereocenters. The average molecular weight is 370 g/mol. The minimum Gasteiger partial charge on any atom is -0.309 e. The molecule has 1 aliphatic rings. The molecule has 0 aliphatic heterocycles. The SMILES string of the molecule is O=C(Nc1ccn(Cc2ccccc2F)n1)C1CC1c1ccc(Cl)cc1. The molecule has 26 heavy (non-hydrogen) atoms. The topological polar surface area (TPSA) is 46.9 Å². The van der Waals surface area contributed by atoms with Crippen LogP contribution in [0, 0.1) is 11.7 Å². The highest BCUT2D eigenvalue weighted by atomic mass is 35.5. The molecule has 1 heterocycles. The Hall–Kier alpha value is -2.66. The summed E-state index contributed by atoms with van der Waals surface area (Å²) < 4.78 is 15.3. The van der Waals surface area contributed by atoms with Gasteiger partial charge in [-0.3, -0.25) is 9.48 Å². The van der Waals surface area contributed by atoms with E-state index in [1.165, 1.54) is 6.07 Å². The van der Waals surface area contributed by atoms with Crippen LogP contribution in [0.4, 0.5) is 10.2 Å². The minimum atomic E-state index is -0.266. The second-order valence-corrected chi connectivity index (χ2v) is 6.92. The fourth-order valence-electron chi connectivity index (χ4n) is 3.10. The van der Waals surface area contributed by atoms with E-state index in [0.29, 0.717) is 22.9 Å². The number of amides is 1. The van der Waals surface area contributed by atoms with E-state index in [9.17, 15) is 9.18 Å². The van der Waals surface area contributed by atoms with Crippen LogP contribution in [0.25, 0.3) is 0 Å². The lowest BCUT2D eigenvalue weighted by Crippen LogP contribution is -2.15. The molecule has 1 aliphatic carbocycles. The molecule has 4 rings (SSSR count). The monoisotopic (exact) mass is 369 g/mol. The number of aromatic nitrogens is 2. The first kappa shape index (κ1) is 16.8. The summed E-state index contributed by atoms with van der Waals surface area (Å²) in [6.07, 6.45) is 2.55. The Morgan fingerprint density at radius 1 is 1.19 bits per heavy atom. The van der Waals surface area contributed by atoms with Crippen molar-refractivity contribution in [3.05, 3.63) is 82.8 Å². The van der Waals surface area contributed by atoms with Crippen LogP contribution in [-0.2, 0) is 11.3 Å². The number of benzene rings is 2. The first-order chi connectivity index (χ1) is 12.6. The summed E-state index contributed by atoms with van der Waals surface area (Å²) in [5, 5.41) is 7.84. The van der Waals surface area contributed by atoms with Crippen LogP contribution in [0.5, 0.6) is 0 Å². The number of hydrogen-bond donors (Lipinski definition) is 1. The number of nitrogens with zero attached hydrogens (tertiary/aromatic N) is 2. The number of halogens is 2. The number of nitrogens with one attached hydrogen (secondary N) is 1. The Morgan fingerprint density at radius 2 is 1.96 bits per heavy atom. The average Bonchev–Trinajstić information content (AvgIpc) is 3.32. The summed E-state index contributed by atoms with van der Waals surface area (Å²) >= 11 is 5.90. The number of rotatable bonds is 5. The second kappa shape index (κ2) is 6.92. The van der Waals surface area contributed by atoms with Crippen molar-refractivity contribution in [3.8, 4) is 0 Å². The van der Waals surface area contributed by atoms with Gasteiger partial charge >= 0.3 is 0 Å². The summed E-state index contributed by atoms with van der Waals surface area (Å²) in [5.74, 6) is 0.354. The van der Waals surface area contributed by atoms with E-state index < -0.39 is 0 Å². The summed E-state index contributed by atoms with van der Waals surface area (Å²) in [6.45, 7) is 0.319. The van der Waals surface area contributed by atoms with Gasteiger partial charge < -0.3 is 5.32 Å². The Morgan fingerprint density at radius 3 is 2.73 bits per heavy atom. The molecule has 1 aromatic heterocycles. The maximum Gasteiger partial charge on any atom is 0.229 e. The molecule has 2 unspecified atom stereocenters. The molecule has 132 valence electrons. The predicted octanol–water partition coefficient (Wildman–Crippen LogP) is 4.47. The molecule has 0 spiro atoms. The zero-order valence-electron chi connectivity index (χ0n) is 13.9. The van der Waals surface area contributed by atoms with E-state index >= 15 is 0 Å². The van der Waals surface area contributed by atoms with Crippen molar-refractivity contribution in [3.63, 3.8) is 0 Å². The van der Waals surface area contributed by atoms with Crippen molar-refractivity contribution < 1.29 is 9.18 Å². The van der Waals surface area contributed by atoms with Crippen LogP contribution in [-0.4, -0.2) is 15.7 Å². The Bertz CT molecular complexity index is 938. The molecule has 1 fully saturated rings. The maximum atomic E-state index is 13.7. The van der Waals surface area contributed by atoms with Crippen LogP contribution in [0.2, 0.25) is 5.02 Å². The van der Waals surface area contributed by atoms with Gasteiger partial charge in [0.1, 0.15) is 5.82 Å². The highest BCUT2D eigenvalue weighted by Gasteiger charge is 2.44. The van der Waals surface area contributed by atoms with Crippen LogP contribution >= 0.6 is 11.6 Å². The third kappa shape index (κ3) is 3.63. The Balaban J connectivity index is 1.36. The molecule has 0 radical (unpaired) electrons. The molecular formula is C20H17ClFN3O. The number of hydrogen-bond acceptors (Lipinski definition) is 2. The van der Waals surface area contributed by atoms with Gasteiger partial charge in [-0.05, 0) is 36.1 Å². The lowest BCUT2D eigenvalue weighted by Gasteiger charge is -2.04. The van der Waals surface area contributed by atoms with Gasteiger partial charge in [0.05, 0.1) is 6.54 Å². The summed E-state index contributed by atoms with van der Waals surface area (Å²) in [6, 6.07) is 15.9. The van der Waals surface area contributed by atoms with Gasteiger partial charge in [0.15, 0.2) is 5.82 Å². The fraction of sp³-hybridized carbons (Fsp3) is 0.200. The van der Waals surface area contributed by atoms with Crippen molar-refractivity contribution in [2.75, 3.05) is 5.32 Å². The highest BCUT2D eigenvalue weighted by molar-refractivity contribution is 6.30. The van der Waals surface area contributed by atoms with E-state index in [1.807, 2.05) is 24.3 Å². The van der Waals surface area contributed by atoms with Crippen LogP contribution < -0.4 is 5.32 Å². The standard InChI is InChI=1S/C20H17ClFN3O/c21-15-7-5-13(6-8-15)16-11-17(16)20(26)23-19-9-10-25(24-19)12-14-3-1-2-4-18(14)22/h1-10,16-17H,11-12H2,(H,23,24,26). The number of anilines is 1. The van der Waals surface area contributed by atoms with Gasteiger partial charge in [-0.1, -0.05) is 41.9 Å². The van der Waals surface area contributed by atoms with Gasteiger partial charge in [0, 0.05) is 28.8 Å². The van der Waals surface area contributed by atoms with Crippen molar-refractivity contribution in [1.29, 1.82) is 0 Å². The first-order valence-corrected chi connectivity index (χ1v) is 8.81. The molecular weight excluding hydrogens is 353 g/mol. The maximum absolute atomic E-state index is 13.7. The van der Waals surface area contributed by atoms with Crippen molar-refractivity contribution in [2.24, 2.45) is 5.92 Å². The molecule has 6 heteroatoms. The summed E-state index contributed by atoms with van der Waals surface area (Å²) in [4.78, 5) is 12.4. The molecule has 0 saturated heterocycles. The van der Waals surface area contributed by atoms with Crippen molar-refractivity contribution in [1.82, 2.24) is 9.78 Å². The molecule has 4 nitrogen and oxygen atoms in total. The van der Waals surface area contributed by atoms with E-state index in [4.69, 9.17) is 11.6 Å². The second-order valence-electron chi connectivity index (χ2n) is 6.48. The predicted molar refractivity (Wildman–Crippen MR) is 98.7 cm³/mol. The van der Waals surface area contributed by atoms with Gasteiger partial charge in [-0.2, -0.15) is 5.10 Å². The molecule has 2 aromatic carbocycles. The zero-order chi connectivity index (χ0) is 18.1. The Kier molecular flexibility index (Phi) is 4.47. The molecule has 0 bridgehead atoms. The third-order valence-electron chi connectivity index (χ3n) is 4.61. The van der Waals surface area contributed by atoms with Crippen LogP contribution in [0.15, 0.2) is 60.8 Å². The fourth-order valence-corrected chi connectivity index (χ4v) is 3.23. The molecule has 1 N–H and O–H groups in total. The van der Waals surface area contributed by atoms with Gasteiger partial charge in [0.25, 0.3) is 0 Å². The largest absolute Gasteiger partial charge is 0.309 e. The van der Waals surface area contributed by atoms with E-state index in [1.54, 1.807) is 35.1 Å². The smallest absolute Gasteiger partial charge is 0.229 e. The molecule has 1 saturated carbocycles. The quantitative estimate of drug-likeness (QED) is 0.721. The first-order valence-electron chi connectivity index (χ1n) is 8.43. The van der Waals surface area contributed by atoms with Crippen molar-refractivity contribution in [2.45, 2.75) is 18.9 Å². The third-order valence-corrected chi connectivity index (χ3v) is 4.86. The Labute approximate surface area is 155 Å².